The van der Waals surface area contributed by atoms with Gasteiger partial charge < -0.3 is 20.1 Å². The zero-order valence-corrected chi connectivity index (χ0v) is 12.3. The molecule has 5 heteroatoms. The van der Waals surface area contributed by atoms with Crippen LogP contribution < -0.4 is 10.6 Å². The lowest BCUT2D eigenvalue weighted by molar-refractivity contribution is -0.0277. The first-order valence-electron chi connectivity index (χ1n) is 6.89. The van der Waals surface area contributed by atoms with Gasteiger partial charge in [0.25, 0.3) is 0 Å². The summed E-state index contributed by atoms with van der Waals surface area (Å²) in [6.07, 6.45) is 0. The van der Waals surface area contributed by atoms with Crippen LogP contribution in [0.15, 0.2) is 18.2 Å². The minimum absolute atomic E-state index is 0.257. The SMILES string of the molecule is CCOC(=O)c1cccc(N)c1N1CCOC(C)(C)C1. The molecule has 0 atom stereocenters. The van der Waals surface area contributed by atoms with Crippen LogP contribution in [-0.2, 0) is 9.47 Å². The van der Waals surface area contributed by atoms with Crippen molar-refractivity contribution in [3.63, 3.8) is 0 Å². The number of carbonyl (C=O) groups is 1. The van der Waals surface area contributed by atoms with Crippen molar-refractivity contribution in [3.8, 4) is 0 Å². The highest BCUT2D eigenvalue weighted by atomic mass is 16.5. The van der Waals surface area contributed by atoms with Crippen molar-refractivity contribution >= 4 is 17.3 Å². The largest absolute Gasteiger partial charge is 0.462 e. The van der Waals surface area contributed by atoms with Crippen molar-refractivity contribution in [1.29, 1.82) is 0 Å². The van der Waals surface area contributed by atoms with Crippen LogP contribution in [0.25, 0.3) is 0 Å². The van der Waals surface area contributed by atoms with E-state index in [0.29, 0.717) is 37.6 Å². The molecule has 0 unspecified atom stereocenters. The first-order chi connectivity index (χ1) is 9.44. The molecule has 110 valence electrons. The standard InChI is InChI=1S/C15H22N2O3/c1-4-19-14(18)11-6-5-7-12(16)13(11)17-8-9-20-15(2,3)10-17/h5-7H,4,8-10,16H2,1-3H3. The Hall–Kier alpha value is -1.75. The maximum atomic E-state index is 12.1. The molecule has 1 aromatic rings. The summed E-state index contributed by atoms with van der Waals surface area (Å²) in [4.78, 5) is 14.2. The van der Waals surface area contributed by atoms with E-state index in [4.69, 9.17) is 15.2 Å². The molecule has 20 heavy (non-hydrogen) atoms. The Bertz CT molecular complexity index is 500. The van der Waals surface area contributed by atoms with E-state index in [9.17, 15) is 4.79 Å². The van der Waals surface area contributed by atoms with Gasteiger partial charge in [0.05, 0.1) is 35.8 Å². The average molecular weight is 278 g/mol. The van der Waals surface area contributed by atoms with Gasteiger partial charge in [0.2, 0.25) is 0 Å². The quantitative estimate of drug-likeness (QED) is 0.677. The molecule has 0 aromatic heterocycles. The van der Waals surface area contributed by atoms with Gasteiger partial charge in [0.1, 0.15) is 0 Å². The minimum Gasteiger partial charge on any atom is -0.462 e. The highest BCUT2D eigenvalue weighted by Crippen LogP contribution is 2.32. The second kappa shape index (κ2) is 5.71. The van der Waals surface area contributed by atoms with Gasteiger partial charge in [-0.2, -0.15) is 0 Å². The monoisotopic (exact) mass is 278 g/mol. The smallest absolute Gasteiger partial charge is 0.340 e. The molecular formula is C15H22N2O3. The molecule has 0 spiro atoms. The Balaban J connectivity index is 2.37. The molecule has 2 rings (SSSR count). The number of rotatable bonds is 3. The summed E-state index contributed by atoms with van der Waals surface area (Å²) >= 11 is 0. The molecule has 1 saturated heterocycles. The fourth-order valence-corrected chi connectivity index (χ4v) is 2.50. The Morgan fingerprint density at radius 3 is 2.90 bits per heavy atom. The van der Waals surface area contributed by atoms with Gasteiger partial charge in [-0.25, -0.2) is 4.79 Å². The van der Waals surface area contributed by atoms with Crippen molar-refractivity contribution < 1.29 is 14.3 Å². The summed E-state index contributed by atoms with van der Waals surface area (Å²) in [5.41, 5.74) is 7.69. The highest BCUT2D eigenvalue weighted by Gasteiger charge is 2.30. The predicted octanol–water partition coefficient (Wildman–Crippen LogP) is 2.06. The number of para-hydroxylation sites is 1. The first kappa shape index (κ1) is 14.7. The number of hydrogen-bond acceptors (Lipinski definition) is 5. The highest BCUT2D eigenvalue weighted by molar-refractivity contribution is 5.99. The maximum absolute atomic E-state index is 12.1. The molecule has 1 fully saturated rings. The normalized spacial score (nSPS) is 17.9. The van der Waals surface area contributed by atoms with E-state index in [1.807, 2.05) is 13.8 Å². The number of hydrogen-bond donors (Lipinski definition) is 1. The molecular weight excluding hydrogens is 256 g/mol. The molecule has 0 radical (unpaired) electrons. The van der Waals surface area contributed by atoms with Gasteiger partial charge in [-0.15, -0.1) is 0 Å². The zero-order chi connectivity index (χ0) is 14.8. The molecule has 0 amide bonds. The molecule has 1 heterocycles. The maximum Gasteiger partial charge on any atom is 0.340 e. The lowest BCUT2D eigenvalue weighted by Gasteiger charge is -2.40. The van der Waals surface area contributed by atoms with E-state index < -0.39 is 0 Å². The van der Waals surface area contributed by atoms with Crippen molar-refractivity contribution in [1.82, 2.24) is 0 Å². The number of nitrogens with zero attached hydrogens (tertiary/aromatic N) is 1. The van der Waals surface area contributed by atoms with Gasteiger partial charge in [0, 0.05) is 13.1 Å². The van der Waals surface area contributed by atoms with Crippen molar-refractivity contribution in [2.24, 2.45) is 0 Å². The van der Waals surface area contributed by atoms with Gasteiger partial charge >= 0.3 is 5.97 Å². The van der Waals surface area contributed by atoms with Crippen LogP contribution in [0.2, 0.25) is 0 Å². The molecule has 0 aliphatic carbocycles. The van der Waals surface area contributed by atoms with E-state index in [2.05, 4.69) is 4.90 Å². The number of ether oxygens (including phenoxy) is 2. The van der Waals surface area contributed by atoms with Gasteiger partial charge in [-0.3, -0.25) is 0 Å². The lowest BCUT2D eigenvalue weighted by Crippen LogP contribution is -2.49. The van der Waals surface area contributed by atoms with Crippen LogP contribution in [0.1, 0.15) is 31.1 Å². The van der Waals surface area contributed by atoms with Gasteiger partial charge in [0.15, 0.2) is 0 Å². The van der Waals surface area contributed by atoms with E-state index in [1.54, 1.807) is 25.1 Å². The van der Waals surface area contributed by atoms with E-state index in [1.165, 1.54) is 0 Å². The van der Waals surface area contributed by atoms with E-state index in [-0.39, 0.29) is 11.6 Å². The number of nitrogens with two attached hydrogens (primary N) is 1. The Morgan fingerprint density at radius 1 is 1.50 bits per heavy atom. The van der Waals surface area contributed by atoms with Crippen LogP contribution in [-0.4, -0.2) is 37.9 Å². The van der Waals surface area contributed by atoms with Gasteiger partial charge in [-0.1, -0.05) is 6.07 Å². The van der Waals surface area contributed by atoms with Crippen molar-refractivity contribution in [2.45, 2.75) is 26.4 Å². The topological polar surface area (TPSA) is 64.8 Å². The predicted molar refractivity (Wildman–Crippen MR) is 79.1 cm³/mol. The van der Waals surface area contributed by atoms with E-state index >= 15 is 0 Å². The summed E-state index contributed by atoms with van der Waals surface area (Å²) in [6.45, 7) is 8.22. The summed E-state index contributed by atoms with van der Waals surface area (Å²) in [5, 5.41) is 0. The zero-order valence-electron chi connectivity index (χ0n) is 12.3. The molecule has 1 aromatic carbocycles. The number of esters is 1. The Kier molecular flexibility index (Phi) is 4.18. The third kappa shape index (κ3) is 3.04. The number of morpholine rings is 1. The van der Waals surface area contributed by atoms with Crippen LogP contribution in [0, 0.1) is 0 Å². The van der Waals surface area contributed by atoms with Crippen LogP contribution >= 0.6 is 0 Å². The van der Waals surface area contributed by atoms with Crippen LogP contribution in [0.3, 0.4) is 0 Å². The fraction of sp³-hybridized carbons (Fsp3) is 0.533. The number of anilines is 2. The van der Waals surface area contributed by atoms with Gasteiger partial charge in [-0.05, 0) is 32.9 Å². The second-order valence-corrected chi connectivity index (χ2v) is 5.49. The lowest BCUT2D eigenvalue weighted by atomic mass is 10.0. The first-order valence-corrected chi connectivity index (χ1v) is 6.89. The summed E-state index contributed by atoms with van der Waals surface area (Å²) in [5.74, 6) is -0.334. The Morgan fingerprint density at radius 2 is 2.25 bits per heavy atom. The third-order valence-electron chi connectivity index (χ3n) is 3.30. The number of nitrogen functional groups attached to an aromatic ring is 1. The summed E-state index contributed by atoms with van der Waals surface area (Å²) in [6, 6.07) is 5.34. The fourth-order valence-electron chi connectivity index (χ4n) is 2.50. The summed E-state index contributed by atoms with van der Waals surface area (Å²) < 4.78 is 10.8. The number of carbonyl (C=O) groups excluding carboxylic acids is 1. The molecule has 1 aliphatic rings. The number of benzene rings is 1. The molecule has 0 saturated carbocycles. The third-order valence-corrected chi connectivity index (χ3v) is 3.30. The van der Waals surface area contributed by atoms with Crippen LogP contribution in [0.5, 0.6) is 0 Å². The van der Waals surface area contributed by atoms with Crippen molar-refractivity contribution in [2.75, 3.05) is 36.9 Å². The average Bonchev–Trinajstić information content (AvgIpc) is 2.37. The van der Waals surface area contributed by atoms with E-state index in [0.717, 1.165) is 5.69 Å². The molecule has 5 nitrogen and oxygen atoms in total. The minimum atomic E-state index is -0.334. The molecule has 2 N–H and O–H groups in total. The second-order valence-electron chi connectivity index (χ2n) is 5.49. The molecule has 0 bridgehead atoms. The molecule has 1 aliphatic heterocycles. The summed E-state index contributed by atoms with van der Waals surface area (Å²) in [7, 11) is 0. The Labute approximate surface area is 119 Å². The van der Waals surface area contributed by atoms with Crippen LogP contribution in [0.4, 0.5) is 11.4 Å². The van der Waals surface area contributed by atoms with Crippen molar-refractivity contribution in [3.05, 3.63) is 23.8 Å².